The van der Waals surface area contributed by atoms with E-state index < -0.39 is 0 Å². The SMILES string of the molecule is CNCc1ccc(OCc2ccc3c(c2)OCO3)nc1. The summed E-state index contributed by atoms with van der Waals surface area (Å²) < 4.78 is 16.3. The molecule has 5 heteroatoms. The summed E-state index contributed by atoms with van der Waals surface area (Å²) in [6, 6.07) is 9.66. The second-order valence-corrected chi connectivity index (χ2v) is 4.51. The number of hydrogen-bond donors (Lipinski definition) is 1. The average Bonchev–Trinajstić information content (AvgIpc) is 2.94. The summed E-state index contributed by atoms with van der Waals surface area (Å²) in [4.78, 5) is 4.27. The lowest BCUT2D eigenvalue weighted by atomic mass is 10.2. The fraction of sp³-hybridized carbons (Fsp3) is 0.267. The van der Waals surface area contributed by atoms with Crippen molar-refractivity contribution in [1.29, 1.82) is 0 Å². The summed E-state index contributed by atoms with van der Waals surface area (Å²) in [6.45, 7) is 1.54. The first kappa shape index (κ1) is 12.7. The molecule has 2 aromatic rings. The third-order valence-corrected chi connectivity index (χ3v) is 3.00. The van der Waals surface area contributed by atoms with Crippen LogP contribution in [0.5, 0.6) is 17.4 Å². The average molecular weight is 272 g/mol. The van der Waals surface area contributed by atoms with Gasteiger partial charge in [0.2, 0.25) is 12.7 Å². The number of hydrogen-bond acceptors (Lipinski definition) is 5. The van der Waals surface area contributed by atoms with E-state index in [9.17, 15) is 0 Å². The Balaban J connectivity index is 1.61. The van der Waals surface area contributed by atoms with Crippen molar-refractivity contribution in [1.82, 2.24) is 10.3 Å². The maximum absolute atomic E-state index is 5.66. The quantitative estimate of drug-likeness (QED) is 0.903. The third kappa shape index (κ3) is 2.83. The molecule has 0 saturated heterocycles. The first-order valence-corrected chi connectivity index (χ1v) is 6.46. The van der Waals surface area contributed by atoms with E-state index in [1.165, 1.54) is 0 Å². The molecule has 0 saturated carbocycles. The van der Waals surface area contributed by atoms with Crippen LogP contribution in [0.3, 0.4) is 0 Å². The number of rotatable bonds is 5. The molecule has 1 aliphatic rings. The molecule has 1 N–H and O–H groups in total. The number of benzene rings is 1. The molecule has 0 amide bonds. The molecule has 0 spiro atoms. The molecule has 3 rings (SSSR count). The van der Waals surface area contributed by atoms with Gasteiger partial charge in [0.25, 0.3) is 0 Å². The van der Waals surface area contributed by atoms with E-state index in [0.717, 1.165) is 29.2 Å². The number of fused-ring (bicyclic) bond motifs is 1. The molecule has 0 aliphatic carbocycles. The molecular formula is C15H16N2O3. The van der Waals surface area contributed by atoms with Crippen LogP contribution in [0.2, 0.25) is 0 Å². The lowest BCUT2D eigenvalue weighted by molar-refractivity contribution is 0.174. The second-order valence-electron chi connectivity index (χ2n) is 4.51. The van der Waals surface area contributed by atoms with Crippen LogP contribution >= 0.6 is 0 Å². The normalized spacial score (nSPS) is 12.4. The van der Waals surface area contributed by atoms with E-state index in [1.54, 1.807) is 0 Å². The minimum Gasteiger partial charge on any atom is -0.473 e. The summed E-state index contributed by atoms with van der Waals surface area (Å²) in [5.41, 5.74) is 2.15. The molecule has 2 heterocycles. The van der Waals surface area contributed by atoms with Gasteiger partial charge >= 0.3 is 0 Å². The van der Waals surface area contributed by atoms with E-state index in [4.69, 9.17) is 14.2 Å². The van der Waals surface area contributed by atoms with Gasteiger partial charge in [0.15, 0.2) is 11.5 Å². The van der Waals surface area contributed by atoms with E-state index in [-0.39, 0.29) is 6.79 Å². The number of nitrogens with one attached hydrogen (secondary N) is 1. The Bertz CT molecular complexity index is 584. The number of aromatic nitrogens is 1. The van der Waals surface area contributed by atoms with Gasteiger partial charge in [-0.2, -0.15) is 0 Å². The summed E-state index contributed by atoms with van der Waals surface area (Å²) in [6.07, 6.45) is 1.81. The van der Waals surface area contributed by atoms with Crippen molar-refractivity contribution in [2.45, 2.75) is 13.2 Å². The molecule has 1 aromatic carbocycles. The highest BCUT2D eigenvalue weighted by Crippen LogP contribution is 2.32. The Morgan fingerprint density at radius 3 is 2.80 bits per heavy atom. The maximum Gasteiger partial charge on any atom is 0.231 e. The van der Waals surface area contributed by atoms with Gasteiger partial charge in [0.05, 0.1) is 0 Å². The molecule has 0 radical (unpaired) electrons. The van der Waals surface area contributed by atoms with Crippen LogP contribution in [0.15, 0.2) is 36.5 Å². The molecular weight excluding hydrogens is 256 g/mol. The van der Waals surface area contributed by atoms with Crippen LogP contribution < -0.4 is 19.5 Å². The number of pyridine rings is 1. The van der Waals surface area contributed by atoms with E-state index in [0.29, 0.717) is 12.5 Å². The Morgan fingerprint density at radius 1 is 1.15 bits per heavy atom. The van der Waals surface area contributed by atoms with Crippen LogP contribution in [-0.2, 0) is 13.2 Å². The van der Waals surface area contributed by atoms with Crippen molar-refractivity contribution in [3.63, 3.8) is 0 Å². The van der Waals surface area contributed by atoms with Gasteiger partial charge in [0, 0.05) is 18.8 Å². The summed E-state index contributed by atoms with van der Waals surface area (Å²) in [5.74, 6) is 2.16. The van der Waals surface area contributed by atoms with Gasteiger partial charge in [-0.3, -0.25) is 0 Å². The van der Waals surface area contributed by atoms with Crippen molar-refractivity contribution in [2.75, 3.05) is 13.8 Å². The lowest BCUT2D eigenvalue weighted by Crippen LogP contribution is -2.05. The standard InChI is InChI=1S/C15H16N2O3/c1-16-7-12-3-5-15(17-8-12)18-9-11-2-4-13-14(6-11)20-10-19-13/h2-6,8,16H,7,9-10H2,1H3. The second kappa shape index (κ2) is 5.79. The molecule has 104 valence electrons. The van der Waals surface area contributed by atoms with Crippen molar-refractivity contribution in [3.8, 4) is 17.4 Å². The van der Waals surface area contributed by atoms with Gasteiger partial charge in [0.1, 0.15) is 6.61 Å². The molecule has 0 atom stereocenters. The topological polar surface area (TPSA) is 52.6 Å². The van der Waals surface area contributed by atoms with Gasteiger partial charge < -0.3 is 19.5 Å². The van der Waals surface area contributed by atoms with Crippen LogP contribution in [0, 0.1) is 0 Å². The Hall–Kier alpha value is -2.27. The van der Waals surface area contributed by atoms with Gasteiger partial charge in [-0.05, 0) is 30.3 Å². The zero-order valence-electron chi connectivity index (χ0n) is 11.3. The van der Waals surface area contributed by atoms with Crippen LogP contribution in [0.25, 0.3) is 0 Å². The highest BCUT2D eigenvalue weighted by Gasteiger charge is 2.13. The van der Waals surface area contributed by atoms with Crippen LogP contribution in [0.4, 0.5) is 0 Å². The predicted molar refractivity (Wildman–Crippen MR) is 73.9 cm³/mol. The zero-order valence-corrected chi connectivity index (χ0v) is 11.3. The number of ether oxygens (including phenoxy) is 3. The van der Waals surface area contributed by atoms with E-state index >= 15 is 0 Å². The van der Waals surface area contributed by atoms with Crippen molar-refractivity contribution in [2.24, 2.45) is 0 Å². The summed E-state index contributed by atoms with van der Waals surface area (Å²) in [5, 5.41) is 3.08. The van der Waals surface area contributed by atoms with E-state index in [2.05, 4.69) is 10.3 Å². The van der Waals surface area contributed by atoms with Crippen LogP contribution in [-0.4, -0.2) is 18.8 Å². The maximum atomic E-state index is 5.66. The van der Waals surface area contributed by atoms with Gasteiger partial charge in [-0.1, -0.05) is 12.1 Å². The molecule has 0 bridgehead atoms. The summed E-state index contributed by atoms with van der Waals surface area (Å²) in [7, 11) is 1.91. The molecule has 0 fully saturated rings. The largest absolute Gasteiger partial charge is 0.473 e. The molecule has 20 heavy (non-hydrogen) atoms. The molecule has 0 unspecified atom stereocenters. The summed E-state index contributed by atoms with van der Waals surface area (Å²) >= 11 is 0. The Labute approximate surface area is 117 Å². The van der Waals surface area contributed by atoms with Gasteiger partial charge in [-0.15, -0.1) is 0 Å². The molecule has 5 nitrogen and oxygen atoms in total. The first-order chi connectivity index (χ1) is 9.85. The monoisotopic (exact) mass is 272 g/mol. The minimum atomic E-state index is 0.286. The predicted octanol–water partition coefficient (Wildman–Crippen LogP) is 2.11. The fourth-order valence-electron chi connectivity index (χ4n) is 1.99. The van der Waals surface area contributed by atoms with E-state index in [1.807, 2.05) is 43.6 Å². The van der Waals surface area contributed by atoms with Crippen LogP contribution in [0.1, 0.15) is 11.1 Å². The minimum absolute atomic E-state index is 0.286. The number of nitrogens with zero attached hydrogens (tertiary/aromatic N) is 1. The highest BCUT2D eigenvalue weighted by molar-refractivity contribution is 5.44. The third-order valence-electron chi connectivity index (χ3n) is 3.00. The van der Waals surface area contributed by atoms with Crippen molar-refractivity contribution >= 4 is 0 Å². The molecule has 1 aliphatic heterocycles. The van der Waals surface area contributed by atoms with Crippen molar-refractivity contribution < 1.29 is 14.2 Å². The lowest BCUT2D eigenvalue weighted by Gasteiger charge is -2.07. The Morgan fingerprint density at radius 2 is 2.00 bits per heavy atom. The Kier molecular flexibility index (Phi) is 3.69. The highest BCUT2D eigenvalue weighted by atomic mass is 16.7. The molecule has 1 aromatic heterocycles. The fourth-order valence-corrected chi connectivity index (χ4v) is 1.99. The zero-order chi connectivity index (χ0) is 13.8. The van der Waals surface area contributed by atoms with Gasteiger partial charge in [-0.25, -0.2) is 4.98 Å². The smallest absolute Gasteiger partial charge is 0.231 e. The first-order valence-electron chi connectivity index (χ1n) is 6.46. The van der Waals surface area contributed by atoms with Crippen molar-refractivity contribution in [3.05, 3.63) is 47.7 Å².